The van der Waals surface area contributed by atoms with Crippen LogP contribution in [0.15, 0.2) is 57.5 Å². The molecule has 1 aliphatic rings. The minimum Gasteiger partial charge on any atom is -0.0616 e. The van der Waals surface area contributed by atoms with Crippen molar-refractivity contribution in [3.05, 3.63) is 57.5 Å². The van der Waals surface area contributed by atoms with Gasteiger partial charge in [-0.25, -0.2) is 0 Å². The van der Waals surface area contributed by atoms with Crippen molar-refractivity contribution >= 4 is 42.6 Å². The average Bonchev–Trinajstić information content (AvgIpc) is 2.39. The Kier molecular flexibility index (Phi) is 2.21. The lowest BCUT2D eigenvalue weighted by Crippen LogP contribution is -1.99. The van der Waals surface area contributed by atoms with Crippen molar-refractivity contribution in [1.82, 2.24) is 0 Å². The first-order valence-electron chi connectivity index (χ1n) is 5.78. The van der Waals surface area contributed by atoms with Gasteiger partial charge in [-0.15, -0.1) is 0 Å². The maximum Gasteiger partial charge on any atom is 0.0402 e. The van der Waals surface area contributed by atoms with Crippen LogP contribution in [-0.4, -0.2) is 0 Å². The van der Waals surface area contributed by atoms with Gasteiger partial charge >= 0.3 is 0 Å². The number of benzene rings is 3. The molecular weight excluding hydrogens is 352 g/mol. The third kappa shape index (κ3) is 1.25. The fraction of sp³-hybridized carbons (Fsp3) is 0. The summed E-state index contributed by atoms with van der Waals surface area (Å²) in [6.07, 6.45) is 0. The van der Waals surface area contributed by atoms with Gasteiger partial charge in [-0.3, -0.25) is 0 Å². The van der Waals surface area contributed by atoms with E-state index in [0.29, 0.717) is 0 Å². The molecule has 0 unspecified atom stereocenters. The first-order valence-corrected chi connectivity index (χ1v) is 7.36. The molecule has 0 bridgehead atoms. The van der Waals surface area contributed by atoms with Gasteiger partial charge in [0.2, 0.25) is 0 Å². The Morgan fingerprint density at radius 3 is 2.22 bits per heavy atom. The lowest BCUT2D eigenvalue weighted by atomic mass is 9.78. The molecule has 0 aromatic heterocycles. The Hall–Kier alpha value is -1.12. The van der Waals surface area contributed by atoms with Gasteiger partial charge in [-0.1, -0.05) is 42.5 Å². The molecule has 0 nitrogen and oxygen atoms in total. The normalized spacial score (nSPS) is 11.9. The Bertz CT molecular complexity index is 804. The van der Waals surface area contributed by atoms with Crippen LogP contribution in [0.5, 0.6) is 0 Å². The highest BCUT2D eigenvalue weighted by molar-refractivity contribution is 9.13. The number of fused-ring (bicyclic) bond motifs is 6. The molecule has 1 aliphatic carbocycles. The Morgan fingerprint density at radius 1 is 0.667 bits per heavy atom. The molecule has 3 aromatic rings. The molecule has 0 N–H and O–H groups in total. The van der Waals surface area contributed by atoms with Gasteiger partial charge in [-0.05, 0) is 65.6 Å². The quantitative estimate of drug-likeness (QED) is 0.360. The van der Waals surface area contributed by atoms with Crippen LogP contribution in [0, 0.1) is 0 Å². The summed E-state index contributed by atoms with van der Waals surface area (Å²) in [5.41, 5.74) is 5.45. The molecule has 3 aromatic carbocycles. The van der Waals surface area contributed by atoms with Gasteiger partial charge in [0, 0.05) is 14.3 Å². The van der Waals surface area contributed by atoms with Crippen molar-refractivity contribution in [3.63, 3.8) is 0 Å². The Labute approximate surface area is 122 Å². The summed E-state index contributed by atoms with van der Waals surface area (Å²) >= 11 is 7.30. The Balaban J connectivity index is 2.18. The lowest BCUT2D eigenvalue weighted by molar-refractivity contribution is 1.54. The van der Waals surface area contributed by atoms with Crippen LogP contribution in [0.25, 0.3) is 33.0 Å². The maximum atomic E-state index is 3.70. The van der Waals surface area contributed by atoms with E-state index in [4.69, 9.17) is 0 Å². The van der Waals surface area contributed by atoms with Gasteiger partial charge in [0.25, 0.3) is 0 Å². The van der Waals surface area contributed by atoms with Gasteiger partial charge < -0.3 is 0 Å². The summed E-state index contributed by atoms with van der Waals surface area (Å²) in [5, 5.41) is 2.58. The van der Waals surface area contributed by atoms with Gasteiger partial charge in [0.15, 0.2) is 0 Å². The minimum absolute atomic E-state index is 1.10. The fourth-order valence-electron chi connectivity index (χ4n) is 2.73. The second-order valence-electron chi connectivity index (χ2n) is 4.49. The minimum atomic E-state index is 1.10. The van der Waals surface area contributed by atoms with E-state index in [-0.39, 0.29) is 0 Å². The molecule has 86 valence electrons. The van der Waals surface area contributed by atoms with Crippen LogP contribution in [-0.2, 0) is 0 Å². The van der Waals surface area contributed by atoms with Crippen molar-refractivity contribution in [2.45, 2.75) is 0 Å². The topological polar surface area (TPSA) is 0 Å². The number of hydrogen-bond donors (Lipinski definition) is 0. The van der Waals surface area contributed by atoms with Crippen LogP contribution in [0.4, 0.5) is 0 Å². The zero-order valence-corrected chi connectivity index (χ0v) is 12.5. The van der Waals surface area contributed by atoms with Crippen LogP contribution in [0.1, 0.15) is 0 Å². The molecule has 0 atom stereocenters. The van der Waals surface area contributed by atoms with Crippen molar-refractivity contribution < 1.29 is 0 Å². The van der Waals surface area contributed by atoms with Gasteiger partial charge in [-0.2, -0.15) is 0 Å². The van der Waals surface area contributed by atoms with E-state index < -0.39 is 0 Å². The van der Waals surface area contributed by atoms with Crippen molar-refractivity contribution in [2.75, 3.05) is 0 Å². The van der Waals surface area contributed by atoms with Crippen molar-refractivity contribution in [3.8, 4) is 22.3 Å². The summed E-state index contributed by atoms with van der Waals surface area (Å²) < 4.78 is 2.25. The third-order valence-corrected chi connectivity index (χ3v) is 5.58. The van der Waals surface area contributed by atoms with Crippen LogP contribution in [0.2, 0.25) is 0 Å². The smallest absolute Gasteiger partial charge is 0.0402 e. The van der Waals surface area contributed by atoms with E-state index in [2.05, 4.69) is 80.4 Å². The van der Waals surface area contributed by atoms with Crippen LogP contribution < -0.4 is 0 Å². The lowest BCUT2D eigenvalue weighted by Gasteiger charge is -2.26. The molecule has 0 radical (unpaired) electrons. The summed E-state index contributed by atoms with van der Waals surface area (Å²) in [5.74, 6) is 0. The molecule has 0 amide bonds. The van der Waals surface area contributed by atoms with E-state index in [1.165, 1.54) is 33.0 Å². The predicted octanol–water partition coefficient (Wildman–Crippen LogP) is 6.01. The maximum absolute atomic E-state index is 3.70. The summed E-state index contributed by atoms with van der Waals surface area (Å²) in [6, 6.07) is 17.3. The van der Waals surface area contributed by atoms with E-state index in [0.717, 1.165) is 8.95 Å². The molecular formula is C16H8Br2. The summed E-state index contributed by atoms with van der Waals surface area (Å²) in [7, 11) is 0. The largest absolute Gasteiger partial charge is 0.0616 e. The SMILES string of the molecule is Brc1ccc2ccc3c(c2c1Br)-c1ccccc1-3. The van der Waals surface area contributed by atoms with Gasteiger partial charge in [0.1, 0.15) is 0 Å². The first-order chi connectivity index (χ1) is 8.77. The Morgan fingerprint density at radius 2 is 1.39 bits per heavy atom. The molecule has 0 saturated heterocycles. The van der Waals surface area contributed by atoms with Crippen LogP contribution >= 0.6 is 31.9 Å². The monoisotopic (exact) mass is 358 g/mol. The number of rotatable bonds is 0. The van der Waals surface area contributed by atoms with Gasteiger partial charge in [0.05, 0.1) is 0 Å². The second kappa shape index (κ2) is 3.69. The molecule has 0 heterocycles. The van der Waals surface area contributed by atoms with E-state index in [1.54, 1.807) is 0 Å². The average molecular weight is 360 g/mol. The number of hydrogen-bond acceptors (Lipinski definition) is 0. The highest BCUT2D eigenvalue weighted by atomic mass is 79.9. The van der Waals surface area contributed by atoms with E-state index in [1.807, 2.05) is 0 Å². The molecule has 2 heteroatoms. The predicted molar refractivity (Wildman–Crippen MR) is 83.8 cm³/mol. The van der Waals surface area contributed by atoms with Crippen molar-refractivity contribution in [2.24, 2.45) is 0 Å². The molecule has 0 saturated carbocycles. The number of halogens is 2. The highest BCUT2D eigenvalue weighted by Gasteiger charge is 2.25. The highest BCUT2D eigenvalue weighted by Crippen LogP contribution is 2.52. The third-order valence-electron chi connectivity index (χ3n) is 3.56. The van der Waals surface area contributed by atoms with E-state index >= 15 is 0 Å². The molecule has 18 heavy (non-hydrogen) atoms. The molecule has 0 aliphatic heterocycles. The summed E-state index contributed by atoms with van der Waals surface area (Å²) in [6.45, 7) is 0. The molecule has 0 spiro atoms. The van der Waals surface area contributed by atoms with E-state index in [9.17, 15) is 0 Å². The molecule has 0 fully saturated rings. The van der Waals surface area contributed by atoms with Crippen molar-refractivity contribution in [1.29, 1.82) is 0 Å². The molecule has 4 rings (SSSR count). The zero-order valence-electron chi connectivity index (χ0n) is 9.37. The second-order valence-corrected chi connectivity index (χ2v) is 6.14. The van der Waals surface area contributed by atoms with Crippen LogP contribution in [0.3, 0.4) is 0 Å². The first kappa shape index (κ1) is 10.8. The zero-order chi connectivity index (χ0) is 12.3. The summed E-state index contributed by atoms with van der Waals surface area (Å²) in [4.78, 5) is 0. The fourth-order valence-corrected chi connectivity index (χ4v) is 3.62. The standard InChI is InChI=1S/C16H8Br2/c17-13-8-6-9-5-7-12-10-3-1-2-4-11(10)15(12)14(9)16(13)18/h1-8H.